The molecular formula is C10H16ClN3O. The fourth-order valence-corrected chi connectivity index (χ4v) is 1.52. The molecule has 0 aromatic carbocycles. The first-order valence-corrected chi connectivity index (χ1v) is 5.26. The number of ether oxygens (including phenoxy) is 1. The van der Waals surface area contributed by atoms with Crippen LogP contribution in [0.1, 0.15) is 13.8 Å². The fourth-order valence-electron chi connectivity index (χ4n) is 1.30. The lowest BCUT2D eigenvalue weighted by molar-refractivity contribution is 0.203. The highest BCUT2D eigenvalue weighted by molar-refractivity contribution is 6.31. The van der Waals surface area contributed by atoms with E-state index in [0.29, 0.717) is 23.6 Å². The van der Waals surface area contributed by atoms with Crippen molar-refractivity contribution in [3.8, 4) is 0 Å². The molecule has 0 bridgehead atoms. The number of anilines is 1. The average Bonchev–Trinajstić information content (AvgIpc) is 2.20. The molecule has 0 N–H and O–H groups in total. The highest BCUT2D eigenvalue weighted by atomic mass is 35.5. The van der Waals surface area contributed by atoms with Gasteiger partial charge in [-0.3, -0.25) is 0 Å². The molecule has 1 aromatic rings. The summed E-state index contributed by atoms with van der Waals surface area (Å²) < 4.78 is 5.05. The molecule has 5 heteroatoms. The molecule has 0 fully saturated rings. The smallest absolute Gasteiger partial charge is 0.171 e. The van der Waals surface area contributed by atoms with E-state index < -0.39 is 0 Å². The number of methoxy groups -OCH3 is 1. The maximum Gasteiger partial charge on any atom is 0.171 e. The first-order valence-electron chi connectivity index (χ1n) is 4.89. The van der Waals surface area contributed by atoms with Crippen LogP contribution in [-0.4, -0.2) is 36.3 Å². The van der Waals surface area contributed by atoms with Crippen LogP contribution in [0.5, 0.6) is 0 Å². The Kier molecular flexibility index (Phi) is 4.78. The van der Waals surface area contributed by atoms with Gasteiger partial charge in [0.25, 0.3) is 0 Å². The van der Waals surface area contributed by atoms with Crippen molar-refractivity contribution in [2.75, 3.05) is 25.2 Å². The molecule has 0 saturated carbocycles. The van der Waals surface area contributed by atoms with E-state index >= 15 is 0 Å². The van der Waals surface area contributed by atoms with Gasteiger partial charge in [-0.15, -0.1) is 0 Å². The van der Waals surface area contributed by atoms with Gasteiger partial charge < -0.3 is 9.64 Å². The summed E-state index contributed by atoms with van der Waals surface area (Å²) in [6.45, 7) is 5.57. The van der Waals surface area contributed by atoms with E-state index in [2.05, 4.69) is 28.7 Å². The normalized spacial score (nSPS) is 10.7. The van der Waals surface area contributed by atoms with Gasteiger partial charge in [0.1, 0.15) is 0 Å². The lowest BCUT2D eigenvalue weighted by atomic mass is 10.3. The van der Waals surface area contributed by atoms with Crippen LogP contribution in [0.2, 0.25) is 5.15 Å². The summed E-state index contributed by atoms with van der Waals surface area (Å²) in [7, 11) is 1.68. The number of halogens is 1. The molecule has 0 spiro atoms. The molecule has 0 aliphatic heterocycles. The third kappa shape index (κ3) is 3.32. The van der Waals surface area contributed by atoms with Crippen LogP contribution in [0.3, 0.4) is 0 Å². The van der Waals surface area contributed by atoms with Gasteiger partial charge in [-0.2, -0.15) is 0 Å². The topological polar surface area (TPSA) is 38.2 Å². The van der Waals surface area contributed by atoms with Crippen molar-refractivity contribution >= 4 is 17.4 Å². The van der Waals surface area contributed by atoms with Crippen LogP contribution < -0.4 is 4.90 Å². The molecule has 1 rings (SSSR count). The summed E-state index contributed by atoms with van der Waals surface area (Å²) in [6, 6.07) is 0.314. The molecule has 0 radical (unpaired) electrons. The van der Waals surface area contributed by atoms with E-state index in [0.717, 1.165) is 6.54 Å². The van der Waals surface area contributed by atoms with E-state index in [1.54, 1.807) is 19.5 Å². The molecule has 84 valence electrons. The molecule has 15 heavy (non-hydrogen) atoms. The monoisotopic (exact) mass is 229 g/mol. The predicted molar refractivity (Wildman–Crippen MR) is 61.4 cm³/mol. The lowest BCUT2D eigenvalue weighted by Gasteiger charge is -2.27. The van der Waals surface area contributed by atoms with Crippen molar-refractivity contribution in [2.45, 2.75) is 19.9 Å². The van der Waals surface area contributed by atoms with Crippen LogP contribution in [0.4, 0.5) is 5.82 Å². The van der Waals surface area contributed by atoms with E-state index in [1.165, 1.54) is 0 Å². The van der Waals surface area contributed by atoms with Gasteiger partial charge in [-0.05, 0) is 13.8 Å². The quantitative estimate of drug-likeness (QED) is 0.774. The van der Waals surface area contributed by atoms with Gasteiger partial charge in [0.05, 0.1) is 6.61 Å². The molecule has 0 aliphatic carbocycles. The number of hydrogen-bond acceptors (Lipinski definition) is 4. The van der Waals surface area contributed by atoms with Crippen molar-refractivity contribution in [3.63, 3.8) is 0 Å². The maximum atomic E-state index is 5.99. The van der Waals surface area contributed by atoms with E-state index in [4.69, 9.17) is 16.3 Å². The van der Waals surface area contributed by atoms with Crippen LogP contribution in [0.25, 0.3) is 0 Å². The Hall–Kier alpha value is -0.870. The summed E-state index contributed by atoms with van der Waals surface area (Å²) in [5.74, 6) is 0.714. The summed E-state index contributed by atoms with van der Waals surface area (Å²) in [5, 5.41) is 0.433. The second-order valence-corrected chi connectivity index (χ2v) is 3.81. The maximum absolute atomic E-state index is 5.99. The molecular weight excluding hydrogens is 214 g/mol. The minimum absolute atomic E-state index is 0.314. The predicted octanol–water partition coefficient (Wildman–Crippen LogP) is 1.99. The molecule has 4 nitrogen and oxygen atoms in total. The van der Waals surface area contributed by atoms with Crippen LogP contribution in [0.15, 0.2) is 12.4 Å². The fraction of sp³-hybridized carbons (Fsp3) is 0.600. The zero-order chi connectivity index (χ0) is 11.3. The summed E-state index contributed by atoms with van der Waals surface area (Å²) in [4.78, 5) is 10.3. The Morgan fingerprint density at radius 2 is 2.07 bits per heavy atom. The van der Waals surface area contributed by atoms with E-state index in [9.17, 15) is 0 Å². The Morgan fingerprint density at radius 3 is 2.60 bits per heavy atom. The van der Waals surface area contributed by atoms with Crippen molar-refractivity contribution in [1.82, 2.24) is 9.97 Å². The molecule has 0 aliphatic rings. The van der Waals surface area contributed by atoms with Crippen LogP contribution in [-0.2, 0) is 4.74 Å². The summed E-state index contributed by atoms with van der Waals surface area (Å²) >= 11 is 5.99. The van der Waals surface area contributed by atoms with Gasteiger partial charge in [-0.1, -0.05) is 11.6 Å². The number of aromatic nitrogens is 2. The molecule has 0 amide bonds. The van der Waals surface area contributed by atoms with Crippen molar-refractivity contribution < 1.29 is 4.74 Å². The zero-order valence-electron chi connectivity index (χ0n) is 9.27. The number of rotatable bonds is 5. The molecule has 0 unspecified atom stereocenters. The molecule has 1 heterocycles. The SMILES string of the molecule is COCCN(c1nccnc1Cl)C(C)C. The Labute approximate surface area is 95.2 Å². The van der Waals surface area contributed by atoms with Crippen molar-refractivity contribution in [2.24, 2.45) is 0 Å². The molecule has 0 atom stereocenters. The summed E-state index contributed by atoms with van der Waals surface area (Å²) in [5.41, 5.74) is 0. The van der Waals surface area contributed by atoms with Crippen molar-refractivity contribution in [3.05, 3.63) is 17.5 Å². The highest BCUT2D eigenvalue weighted by Crippen LogP contribution is 2.21. The average molecular weight is 230 g/mol. The zero-order valence-corrected chi connectivity index (χ0v) is 10.0. The van der Waals surface area contributed by atoms with Gasteiger partial charge in [0.15, 0.2) is 11.0 Å². The Bertz CT molecular complexity index is 306. The first-order chi connectivity index (χ1) is 7.16. The number of nitrogens with zero attached hydrogens (tertiary/aromatic N) is 3. The van der Waals surface area contributed by atoms with E-state index in [-0.39, 0.29) is 0 Å². The minimum Gasteiger partial charge on any atom is -0.383 e. The summed E-state index contributed by atoms with van der Waals surface area (Å²) in [6.07, 6.45) is 3.23. The second-order valence-electron chi connectivity index (χ2n) is 3.45. The largest absolute Gasteiger partial charge is 0.383 e. The molecule has 1 aromatic heterocycles. The first kappa shape index (κ1) is 12.2. The molecule has 0 saturated heterocycles. The van der Waals surface area contributed by atoms with Gasteiger partial charge in [0, 0.05) is 32.1 Å². The Morgan fingerprint density at radius 1 is 1.40 bits per heavy atom. The Balaban J connectivity index is 2.84. The highest BCUT2D eigenvalue weighted by Gasteiger charge is 2.15. The standard InChI is InChI=1S/C10H16ClN3O/c1-8(2)14(6-7-15-3)10-9(11)12-4-5-13-10/h4-5,8H,6-7H2,1-3H3. The van der Waals surface area contributed by atoms with Crippen LogP contribution >= 0.6 is 11.6 Å². The van der Waals surface area contributed by atoms with Gasteiger partial charge >= 0.3 is 0 Å². The van der Waals surface area contributed by atoms with Crippen molar-refractivity contribution in [1.29, 1.82) is 0 Å². The van der Waals surface area contributed by atoms with Gasteiger partial charge in [0.2, 0.25) is 0 Å². The third-order valence-corrected chi connectivity index (χ3v) is 2.33. The van der Waals surface area contributed by atoms with Gasteiger partial charge in [-0.25, -0.2) is 9.97 Å². The lowest BCUT2D eigenvalue weighted by Crippen LogP contribution is -2.34. The number of hydrogen-bond donors (Lipinski definition) is 0. The minimum atomic E-state index is 0.314. The van der Waals surface area contributed by atoms with Crippen LogP contribution in [0, 0.1) is 0 Å². The third-order valence-electron chi connectivity index (χ3n) is 2.07. The van der Waals surface area contributed by atoms with E-state index in [1.807, 2.05) is 0 Å². The second kappa shape index (κ2) is 5.88.